The minimum Gasteiger partial charge on any atom is -0.454 e. The lowest BCUT2D eigenvalue weighted by Crippen LogP contribution is -2.19. The molecule has 0 atom stereocenters. The highest BCUT2D eigenvalue weighted by Gasteiger charge is 2.14. The van der Waals surface area contributed by atoms with E-state index in [1.54, 1.807) is 0 Å². The van der Waals surface area contributed by atoms with Crippen LogP contribution in [0.3, 0.4) is 0 Å². The first-order valence-electron chi connectivity index (χ1n) is 6.06. The van der Waals surface area contributed by atoms with Gasteiger partial charge in [-0.25, -0.2) is 0 Å². The molecule has 0 fully saturated rings. The monoisotopic (exact) mass is 236 g/mol. The van der Waals surface area contributed by atoms with Gasteiger partial charge in [0, 0.05) is 25.3 Å². The standard InChI is InChI=1S/C13H20N2O2/c1-14-7-3-4-8-15(2)11-5-6-12-13(9-11)17-10-16-12/h5-6,9,14H,3-4,7-8,10H2,1-2H3. The van der Waals surface area contributed by atoms with Crippen molar-refractivity contribution in [3.8, 4) is 11.5 Å². The van der Waals surface area contributed by atoms with Gasteiger partial charge < -0.3 is 19.7 Å². The lowest BCUT2D eigenvalue weighted by Gasteiger charge is -2.19. The number of nitrogens with zero attached hydrogens (tertiary/aromatic N) is 1. The summed E-state index contributed by atoms with van der Waals surface area (Å²) >= 11 is 0. The maximum atomic E-state index is 5.37. The van der Waals surface area contributed by atoms with Crippen molar-refractivity contribution in [2.75, 3.05) is 38.9 Å². The van der Waals surface area contributed by atoms with Crippen LogP contribution in [0.25, 0.3) is 0 Å². The first kappa shape index (κ1) is 12.0. The van der Waals surface area contributed by atoms with Crippen LogP contribution in [-0.2, 0) is 0 Å². The summed E-state index contributed by atoms with van der Waals surface area (Å²) in [6.07, 6.45) is 2.39. The average molecular weight is 236 g/mol. The molecule has 0 aromatic heterocycles. The molecule has 0 aliphatic carbocycles. The summed E-state index contributed by atoms with van der Waals surface area (Å²) in [5.41, 5.74) is 1.18. The number of hydrogen-bond acceptors (Lipinski definition) is 4. The summed E-state index contributed by atoms with van der Waals surface area (Å²) in [7, 11) is 4.10. The smallest absolute Gasteiger partial charge is 0.231 e. The third kappa shape index (κ3) is 3.03. The number of fused-ring (bicyclic) bond motifs is 1. The van der Waals surface area contributed by atoms with Crippen molar-refractivity contribution in [1.82, 2.24) is 5.32 Å². The van der Waals surface area contributed by atoms with Gasteiger partial charge in [-0.05, 0) is 38.6 Å². The van der Waals surface area contributed by atoms with Gasteiger partial charge in [0.25, 0.3) is 0 Å². The van der Waals surface area contributed by atoms with E-state index in [0.29, 0.717) is 6.79 Å². The SMILES string of the molecule is CNCCCCN(C)c1ccc2c(c1)OCO2. The molecule has 0 saturated carbocycles. The van der Waals surface area contributed by atoms with E-state index in [1.165, 1.54) is 18.5 Å². The largest absolute Gasteiger partial charge is 0.454 e. The van der Waals surface area contributed by atoms with Crippen molar-refractivity contribution < 1.29 is 9.47 Å². The molecule has 0 amide bonds. The quantitative estimate of drug-likeness (QED) is 0.764. The van der Waals surface area contributed by atoms with Gasteiger partial charge in [-0.15, -0.1) is 0 Å². The van der Waals surface area contributed by atoms with Crippen molar-refractivity contribution in [2.24, 2.45) is 0 Å². The van der Waals surface area contributed by atoms with Crippen LogP contribution in [0.1, 0.15) is 12.8 Å². The van der Waals surface area contributed by atoms with Crippen LogP contribution in [0.4, 0.5) is 5.69 Å². The molecule has 4 nitrogen and oxygen atoms in total. The summed E-state index contributed by atoms with van der Waals surface area (Å²) in [5.74, 6) is 1.70. The third-order valence-corrected chi connectivity index (χ3v) is 2.97. The second-order valence-corrected chi connectivity index (χ2v) is 4.27. The second kappa shape index (κ2) is 5.77. The molecule has 0 radical (unpaired) electrons. The highest BCUT2D eigenvalue weighted by Crippen LogP contribution is 2.35. The Labute approximate surface area is 103 Å². The summed E-state index contributed by atoms with van der Waals surface area (Å²) < 4.78 is 10.7. The van der Waals surface area contributed by atoms with Gasteiger partial charge in [-0.3, -0.25) is 0 Å². The number of rotatable bonds is 6. The molecule has 1 aliphatic heterocycles. The number of nitrogens with one attached hydrogen (secondary N) is 1. The molecule has 0 bridgehead atoms. The first-order chi connectivity index (χ1) is 8.31. The number of unbranched alkanes of at least 4 members (excludes halogenated alkanes) is 1. The summed E-state index contributed by atoms with van der Waals surface area (Å²) in [4.78, 5) is 2.25. The van der Waals surface area contributed by atoms with E-state index in [-0.39, 0.29) is 0 Å². The summed E-state index contributed by atoms with van der Waals surface area (Å²) in [5, 5.41) is 3.16. The molecule has 1 aromatic carbocycles. The van der Waals surface area contributed by atoms with Gasteiger partial charge in [-0.2, -0.15) is 0 Å². The Morgan fingerprint density at radius 1 is 1.24 bits per heavy atom. The highest BCUT2D eigenvalue weighted by atomic mass is 16.7. The van der Waals surface area contributed by atoms with Crippen LogP contribution in [0.15, 0.2) is 18.2 Å². The molecule has 17 heavy (non-hydrogen) atoms. The van der Waals surface area contributed by atoms with Crippen LogP contribution >= 0.6 is 0 Å². The maximum Gasteiger partial charge on any atom is 0.231 e. The molecule has 2 rings (SSSR count). The van der Waals surface area contributed by atoms with Crippen LogP contribution in [-0.4, -0.2) is 34.0 Å². The number of anilines is 1. The molecule has 94 valence electrons. The van der Waals surface area contributed by atoms with Crippen LogP contribution < -0.4 is 19.7 Å². The zero-order chi connectivity index (χ0) is 12.1. The molecule has 1 aromatic rings. The van der Waals surface area contributed by atoms with Crippen molar-refractivity contribution >= 4 is 5.69 Å². The van der Waals surface area contributed by atoms with Gasteiger partial charge in [0.05, 0.1) is 0 Å². The van der Waals surface area contributed by atoms with Crippen LogP contribution in [0, 0.1) is 0 Å². The minimum absolute atomic E-state index is 0.338. The van der Waals surface area contributed by atoms with E-state index in [2.05, 4.69) is 23.3 Å². The van der Waals surface area contributed by atoms with Crippen molar-refractivity contribution in [1.29, 1.82) is 0 Å². The Hall–Kier alpha value is -1.42. The first-order valence-corrected chi connectivity index (χ1v) is 6.06. The zero-order valence-electron chi connectivity index (χ0n) is 10.5. The van der Waals surface area contributed by atoms with E-state index in [9.17, 15) is 0 Å². The molecule has 1 N–H and O–H groups in total. The lowest BCUT2D eigenvalue weighted by molar-refractivity contribution is 0.174. The molecule has 1 aliphatic rings. The zero-order valence-corrected chi connectivity index (χ0v) is 10.5. The predicted octanol–water partition coefficient (Wildman–Crippen LogP) is 1.85. The average Bonchev–Trinajstić information content (AvgIpc) is 2.81. The Morgan fingerprint density at radius 2 is 2.06 bits per heavy atom. The predicted molar refractivity (Wildman–Crippen MR) is 69.0 cm³/mol. The highest BCUT2D eigenvalue weighted by molar-refractivity contribution is 5.56. The minimum atomic E-state index is 0.338. The van der Waals surface area contributed by atoms with Crippen LogP contribution in [0.5, 0.6) is 11.5 Å². The molecular formula is C13H20N2O2. The summed E-state index contributed by atoms with van der Waals surface area (Å²) in [6.45, 7) is 2.47. The van der Waals surface area contributed by atoms with Gasteiger partial charge in [0.1, 0.15) is 0 Å². The van der Waals surface area contributed by atoms with Crippen LogP contribution in [0.2, 0.25) is 0 Å². The van der Waals surface area contributed by atoms with Crippen molar-refractivity contribution in [3.63, 3.8) is 0 Å². The van der Waals surface area contributed by atoms with E-state index in [1.807, 2.05) is 19.2 Å². The molecular weight excluding hydrogens is 216 g/mol. The Bertz CT molecular complexity index is 368. The topological polar surface area (TPSA) is 33.7 Å². The van der Waals surface area contributed by atoms with E-state index >= 15 is 0 Å². The fourth-order valence-electron chi connectivity index (χ4n) is 1.90. The molecule has 4 heteroatoms. The number of ether oxygens (including phenoxy) is 2. The Balaban J connectivity index is 1.88. The fourth-order valence-corrected chi connectivity index (χ4v) is 1.90. The molecule has 0 unspecified atom stereocenters. The van der Waals surface area contributed by atoms with E-state index in [4.69, 9.17) is 9.47 Å². The lowest BCUT2D eigenvalue weighted by atomic mass is 10.2. The molecule has 0 saturated heterocycles. The van der Waals surface area contributed by atoms with Gasteiger partial charge in [0.15, 0.2) is 11.5 Å². The van der Waals surface area contributed by atoms with Gasteiger partial charge in [0.2, 0.25) is 6.79 Å². The normalized spacial score (nSPS) is 12.8. The van der Waals surface area contributed by atoms with Gasteiger partial charge >= 0.3 is 0 Å². The van der Waals surface area contributed by atoms with Crippen molar-refractivity contribution in [3.05, 3.63) is 18.2 Å². The van der Waals surface area contributed by atoms with Crippen molar-refractivity contribution in [2.45, 2.75) is 12.8 Å². The third-order valence-electron chi connectivity index (χ3n) is 2.97. The maximum absolute atomic E-state index is 5.37. The second-order valence-electron chi connectivity index (χ2n) is 4.27. The fraction of sp³-hybridized carbons (Fsp3) is 0.538. The molecule has 0 spiro atoms. The van der Waals surface area contributed by atoms with E-state index in [0.717, 1.165) is 24.6 Å². The Kier molecular flexibility index (Phi) is 4.09. The Morgan fingerprint density at radius 3 is 2.88 bits per heavy atom. The molecule has 1 heterocycles. The van der Waals surface area contributed by atoms with E-state index < -0.39 is 0 Å². The number of benzene rings is 1. The number of hydrogen-bond donors (Lipinski definition) is 1. The van der Waals surface area contributed by atoms with Gasteiger partial charge in [-0.1, -0.05) is 0 Å². The summed E-state index contributed by atoms with van der Waals surface area (Å²) in [6, 6.07) is 6.09.